The maximum Gasteiger partial charge on any atom is 0.267 e. The Hall–Kier alpha value is -1.31. The van der Waals surface area contributed by atoms with Crippen LogP contribution in [0, 0.1) is 17.8 Å². The Kier molecular flexibility index (Phi) is 3.38. The third-order valence-electron chi connectivity index (χ3n) is 5.48. The molecule has 1 saturated carbocycles. The van der Waals surface area contributed by atoms with Gasteiger partial charge in [-0.05, 0) is 25.7 Å². The van der Waals surface area contributed by atoms with E-state index in [9.17, 15) is 4.79 Å². The second-order valence-corrected chi connectivity index (χ2v) is 6.53. The summed E-state index contributed by atoms with van der Waals surface area (Å²) >= 11 is 0. The lowest BCUT2D eigenvalue weighted by atomic mass is 9.77. The van der Waals surface area contributed by atoms with Crippen molar-refractivity contribution in [3.8, 4) is 12.3 Å². The lowest BCUT2D eigenvalue weighted by Crippen LogP contribution is -2.53. The van der Waals surface area contributed by atoms with E-state index in [4.69, 9.17) is 15.9 Å². The number of fused-ring (bicyclic) bond motifs is 1. The fourth-order valence-electron chi connectivity index (χ4n) is 4.27. The van der Waals surface area contributed by atoms with E-state index in [2.05, 4.69) is 12.5 Å². The van der Waals surface area contributed by atoms with E-state index < -0.39 is 11.4 Å². The average molecular weight is 289 g/mol. The van der Waals surface area contributed by atoms with Crippen LogP contribution in [0.1, 0.15) is 38.5 Å². The third kappa shape index (κ3) is 1.88. The van der Waals surface area contributed by atoms with Crippen molar-refractivity contribution < 1.29 is 14.3 Å². The molecule has 3 rings (SSSR count). The summed E-state index contributed by atoms with van der Waals surface area (Å²) in [6.45, 7) is 5.18. The van der Waals surface area contributed by atoms with E-state index in [0.29, 0.717) is 19.6 Å². The van der Waals surface area contributed by atoms with Crippen molar-refractivity contribution in [3.05, 3.63) is 12.7 Å². The summed E-state index contributed by atoms with van der Waals surface area (Å²) in [7, 11) is 1.77. The topological polar surface area (TPSA) is 38.8 Å². The van der Waals surface area contributed by atoms with Crippen molar-refractivity contribution in [1.29, 1.82) is 0 Å². The molecule has 2 aliphatic heterocycles. The van der Waals surface area contributed by atoms with Gasteiger partial charge in [0.05, 0.1) is 6.61 Å². The minimum atomic E-state index is -1.16. The van der Waals surface area contributed by atoms with Crippen LogP contribution < -0.4 is 0 Å². The van der Waals surface area contributed by atoms with Crippen LogP contribution in [0.2, 0.25) is 0 Å². The molecule has 3 fully saturated rings. The van der Waals surface area contributed by atoms with Crippen molar-refractivity contribution >= 4 is 5.91 Å². The molecule has 1 aliphatic carbocycles. The summed E-state index contributed by atoms with van der Waals surface area (Å²) in [4.78, 5) is 14.1. The van der Waals surface area contributed by atoms with Gasteiger partial charge in [0.2, 0.25) is 5.60 Å². The van der Waals surface area contributed by atoms with Crippen molar-refractivity contribution in [2.24, 2.45) is 5.41 Å². The molecule has 114 valence electrons. The number of likely N-dealkylation sites (N-methyl/N-ethyl adjacent to an activating group) is 1. The number of hydrogen-bond acceptors (Lipinski definition) is 3. The Morgan fingerprint density at radius 3 is 2.90 bits per heavy atom. The number of carbonyl (C=O) groups excluding carboxylic acids is 1. The van der Waals surface area contributed by atoms with Gasteiger partial charge < -0.3 is 14.4 Å². The first-order chi connectivity index (χ1) is 10.0. The molecule has 3 atom stereocenters. The van der Waals surface area contributed by atoms with Crippen LogP contribution in [0.4, 0.5) is 0 Å². The van der Waals surface area contributed by atoms with Gasteiger partial charge in [-0.1, -0.05) is 12.0 Å². The number of carbonyl (C=O) groups is 1. The summed E-state index contributed by atoms with van der Waals surface area (Å²) in [5.74, 6) is 1.80. The minimum absolute atomic E-state index is 0.0694. The molecule has 1 amide bonds. The second-order valence-electron chi connectivity index (χ2n) is 6.53. The molecule has 0 unspecified atom stereocenters. The largest absolute Gasteiger partial charge is 0.349 e. The van der Waals surface area contributed by atoms with Crippen LogP contribution in [-0.2, 0) is 14.3 Å². The molecular formula is C17H23NO3. The zero-order valence-corrected chi connectivity index (χ0v) is 12.7. The molecule has 0 N–H and O–H groups in total. The molecule has 21 heavy (non-hydrogen) atoms. The van der Waals surface area contributed by atoms with Gasteiger partial charge in [0, 0.05) is 31.8 Å². The van der Waals surface area contributed by atoms with E-state index in [1.165, 1.54) is 0 Å². The van der Waals surface area contributed by atoms with Crippen LogP contribution in [-0.4, -0.2) is 42.4 Å². The summed E-state index contributed by atoms with van der Waals surface area (Å²) < 4.78 is 12.4. The summed E-state index contributed by atoms with van der Waals surface area (Å²) in [5, 5.41) is 0. The molecule has 4 nitrogen and oxygen atoms in total. The van der Waals surface area contributed by atoms with E-state index in [1.807, 2.05) is 6.08 Å². The Bertz CT molecular complexity index is 497. The van der Waals surface area contributed by atoms with Gasteiger partial charge in [-0.3, -0.25) is 4.79 Å². The molecule has 4 heteroatoms. The molecule has 0 aromatic rings. The number of ether oxygens (including phenoxy) is 2. The van der Waals surface area contributed by atoms with Gasteiger partial charge in [0.1, 0.15) is 0 Å². The predicted molar refractivity (Wildman–Crippen MR) is 79.3 cm³/mol. The van der Waals surface area contributed by atoms with Crippen LogP contribution in [0.15, 0.2) is 12.7 Å². The Labute approximate surface area is 126 Å². The summed E-state index contributed by atoms with van der Waals surface area (Å²) in [6.07, 6.45) is 12.9. The quantitative estimate of drug-likeness (QED) is 0.587. The first kappa shape index (κ1) is 14.6. The predicted octanol–water partition coefficient (Wildman–Crippen LogP) is 2.10. The normalized spacial score (nSPS) is 42.1. The van der Waals surface area contributed by atoms with Gasteiger partial charge in [-0.25, -0.2) is 0 Å². The number of allylic oxidation sites excluding steroid dienone is 1. The van der Waals surface area contributed by atoms with Gasteiger partial charge >= 0.3 is 0 Å². The van der Waals surface area contributed by atoms with Gasteiger partial charge in [-0.15, -0.1) is 13.0 Å². The third-order valence-corrected chi connectivity index (χ3v) is 5.48. The maximum absolute atomic E-state index is 12.5. The van der Waals surface area contributed by atoms with E-state index in [0.717, 1.165) is 32.1 Å². The van der Waals surface area contributed by atoms with Crippen LogP contribution in [0.25, 0.3) is 0 Å². The molecule has 2 saturated heterocycles. The van der Waals surface area contributed by atoms with E-state index in [-0.39, 0.29) is 11.3 Å². The molecule has 0 aromatic heterocycles. The first-order valence-corrected chi connectivity index (χ1v) is 7.72. The van der Waals surface area contributed by atoms with Crippen LogP contribution >= 0.6 is 0 Å². The fraction of sp³-hybridized carbons (Fsp3) is 0.706. The van der Waals surface area contributed by atoms with Crippen LogP contribution in [0.5, 0.6) is 0 Å². The molecule has 3 aliphatic rings. The highest BCUT2D eigenvalue weighted by Crippen LogP contribution is 2.59. The highest BCUT2D eigenvalue weighted by molar-refractivity contribution is 5.90. The number of terminal acetylenes is 1. The highest BCUT2D eigenvalue weighted by atomic mass is 16.7. The van der Waals surface area contributed by atoms with Crippen LogP contribution in [0.3, 0.4) is 0 Å². The van der Waals surface area contributed by atoms with Gasteiger partial charge in [0.15, 0.2) is 5.79 Å². The SMILES string of the molecule is C#C[C@]1(O[C@@]23CCC[C@]2(CC=C)CCO3)CCN(C)C1=O. The zero-order chi connectivity index (χ0) is 15.1. The van der Waals surface area contributed by atoms with E-state index in [1.54, 1.807) is 11.9 Å². The molecule has 2 heterocycles. The molecule has 0 radical (unpaired) electrons. The number of rotatable bonds is 4. The number of amides is 1. The molecule has 0 spiro atoms. The summed E-state index contributed by atoms with van der Waals surface area (Å²) in [5.41, 5.74) is -1.23. The van der Waals surface area contributed by atoms with Gasteiger partial charge in [0.25, 0.3) is 5.91 Å². The zero-order valence-electron chi connectivity index (χ0n) is 12.7. The molecule has 0 aromatic carbocycles. The molecule has 0 bridgehead atoms. The number of nitrogens with zero attached hydrogens (tertiary/aromatic N) is 1. The van der Waals surface area contributed by atoms with Crippen molar-refractivity contribution in [2.75, 3.05) is 20.2 Å². The fourth-order valence-corrected chi connectivity index (χ4v) is 4.27. The second kappa shape index (κ2) is 4.86. The standard InChI is InChI=1S/C17H23NO3/c1-4-7-15-8-6-9-17(15,20-13-11-15)21-16(5-2)10-12-18(3)14(16)19/h2,4H,1,6-13H2,3H3/t15-,16+,17+/m1/s1. The monoisotopic (exact) mass is 289 g/mol. The van der Waals surface area contributed by atoms with Gasteiger partial charge in [-0.2, -0.15) is 0 Å². The lowest BCUT2D eigenvalue weighted by molar-refractivity contribution is -0.278. The Balaban J connectivity index is 1.94. The van der Waals surface area contributed by atoms with E-state index >= 15 is 0 Å². The van der Waals surface area contributed by atoms with Crippen molar-refractivity contribution in [1.82, 2.24) is 4.90 Å². The molecular weight excluding hydrogens is 266 g/mol. The highest BCUT2D eigenvalue weighted by Gasteiger charge is 2.64. The van der Waals surface area contributed by atoms with Crippen molar-refractivity contribution in [3.63, 3.8) is 0 Å². The minimum Gasteiger partial charge on any atom is -0.349 e. The number of likely N-dealkylation sites (tertiary alicyclic amines) is 1. The average Bonchev–Trinajstić information content (AvgIpc) is 3.05. The number of hydrogen-bond donors (Lipinski definition) is 0. The Morgan fingerprint density at radius 1 is 1.48 bits per heavy atom. The Morgan fingerprint density at radius 2 is 2.29 bits per heavy atom. The maximum atomic E-state index is 12.5. The lowest BCUT2D eigenvalue weighted by Gasteiger charge is -2.42. The van der Waals surface area contributed by atoms with Crippen molar-refractivity contribution in [2.45, 2.75) is 49.9 Å². The summed E-state index contributed by atoms with van der Waals surface area (Å²) in [6, 6.07) is 0. The first-order valence-electron chi connectivity index (χ1n) is 7.72. The smallest absolute Gasteiger partial charge is 0.267 e.